The fraction of sp³-hybridized carbons (Fsp3) is 0.600. The molecule has 1 unspecified atom stereocenters. The van der Waals surface area contributed by atoms with E-state index in [0.717, 1.165) is 24.8 Å². The zero-order valence-electron chi connectivity index (χ0n) is 12.4. The van der Waals surface area contributed by atoms with Gasteiger partial charge in [-0.1, -0.05) is 39.3 Å². The van der Waals surface area contributed by atoms with Crippen molar-refractivity contribution in [2.24, 2.45) is 5.92 Å². The molecule has 3 nitrogen and oxygen atoms in total. The molecular formula is C15H24ClNO2S. The van der Waals surface area contributed by atoms with E-state index in [1.54, 1.807) is 12.1 Å². The maximum atomic E-state index is 12.3. The summed E-state index contributed by atoms with van der Waals surface area (Å²) in [7, 11) is -3.48. The first-order chi connectivity index (χ1) is 9.39. The molecule has 5 heteroatoms. The number of halogens is 1. The van der Waals surface area contributed by atoms with Gasteiger partial charge in [-0.05, 0) is 36.5 Å². The first-order valence-electron chi connectivity index (χ1n) is 7.06. The SMILES string of the molecule is CCCc1ccc(S(=O)(=O)NC(CCl)CC(C)C)cc1. The Kier molecular flexibility index (Phi) is 7.00. The van der Waals surface area contributed by atoms with E-state index in [4.69, 9.17) is 11.6 Å². The summed E-state index contributed by atoms with van der Waals surface area (Å²) in [5, 5.41) is 0. The van der Waals surface area contributed by atoms with E-state index >= 15 is 0 Å². The molecule has 1 aromatic rings. The molecule has 0 heterocycles. The van der Waals surface area contributed by atoms with Crippen molar-refractivity contribution in [3.8, 4) is 0 Å². The van der Waals surface area contributed by atoms with Crippen LogP contribution in [0.3, 0.4) is 0 Å². The average Bonchev–Trinajstić information content (AvgIpc) is 2.38. The molecule has 0 spiro atoms. The van der Waals surface area contributed by atoms with Crippen molar-refractivity contribution >= 4 is 21.6 Å². The Bertz CT molecular complexity index is 497. The largest absolute Gasteiger partial charge is 0.240 e. The fourth-order valence-corrected chi connectivity index (χ4v) is 3.67. The zero-order chi connectivity index (χ0) is 15.2. The molecule has 0 saturated heterocycles. The quantitative estimate of drug-likeness (QED) is 0.745. The first-order valence-corrected chi connectivity index (χ1v) is 9.08. The Labute approximate surface area is 127 Å². The summed E-state index contributed by atoms with van der Waals surface area (Å²) >= 11 is 5.84. The van der Waals surface area contributed by atoms with Crippen molar-refractivity contribution in [3.05, 3.63) is 29.8 Å². The lowest BCUT2D eigenvalue weighted by Crippen LogP contribution is -2.37. The maximum absolute atomic E-state index is 12.3. The Morgan fingerprint density at radius 2 is 1.80 bits per heavy atom. The summed E-state index contributed by atoms with van der Waals surface area (Å²) in [6, 6.07) is 6.84. The van der Waals surface area contributed by atoms with Crippen molar-refractivity contribution in [1.82, 2.24) is 4.72 Å². The number of nitrogens with one attached hydrogen (secondary N) is 1. The first kappa shape index (κ1) is 17.5. The highest BCUT2D eigenvalue weighted by Gasteiger charge is 2.20. The highest BCUT2D eigenvalue weighted by atomic mass is 35.5. The van der Waals surface area contributed by atoms with Gasteiger partial charge in [-0.25, -0.2) is 13.1 Å². The topological polar surface area (TPSA) is 46.2 Å². The molecule has 20 heavy (non-hydrogen) atoms. The van der Waals surface area contributed by atoms with Crippen LogP contribution >= 0.6 is 11.6 Å². The summed E-state index contributed by atoms with van der Waals surface area (Å²) in [5.74, 6) is 0.680. The van der Waals surface area contributed by atoms with E-state index in [2.05, 4.69) is 11.6 Å². The molecule has 0 bridgehead atoms. The van der Waals surface area contributed by atoms with Crippen LogP contribution < -0.4 is 4.72 Å². The Morgan fingerprint density at radius 3 is 2.25 bits per heavy atom. The van der Waals surface area contributed by atoms with Gasteiger partial charge in [0.2, 0.25) is 10.0 Å². The van der Waals surface area contributed by atoms with Gasteiger partial charge in [0.15, 0.2) is 0 Å². The summed E-state index contributed by atoms with van der Waals surface area (Å²) in [6.07, 6.45) is 2.75. The van der Waals surface area contributed by atoms with Gasteiger partial charge < -0.3 is 0 Å². The van der Waals surface area contributed by atoms with Gasteiger partial charge in [0, 0.05) is 11.9 Å². The van der Waals surface area contributed by atoms with Gasteiger partial charge in [0.25, 0.3) is 0 Å². The van der Waals surface area contributed by atoms with Crippen molar-refractivity contribution < 1.29 is 8.42 Å². The third kappa shape index (κ3) is 5.43. The van der Waals surface area contributed by atoms with Crippen molar-refractivity contribution in [1.29, 1.82) is 0 Å². The normalized spacial score (nSPS) is 13.7. The second kappa shape index (κ2) is 8.01. The standard InChI is InChI=1S/C15H24ClNO2S/c1-4-5-13-6-8-15(9-7-13)20(18,19)17-14(11-16)10-12(2)3/h6-9,12,14,17H,4-5,10-11H2,1-3H3. The molecule has 0 aliphatic carbocycles. The number of benzene rings is 1. The predicted molar refractivity (Wildman–Crippen MR) is 84.7 cm³/mol. The summed E-state index contributed by atoms with van der Waals surface area (Å²) in [4.78, 5) is 0.302. The minimum Gasteiger partial charge on any atom is -0.207 e. The van der Waals surface area contributed by atoms with Crippen LogP contribution in [0.15, 0.2) is 29.2 Å². The maximum Gasteiger partial charge on any atom is 0.240 e. The van der Waals surface area contributed by atoms with Gasteiger partial charge in [-0.2, -0.15) is 0 Å². The highest BCUT2D eigenvalue weighted by Crippen LogP contribution is 2.14. The van der Waals surface area contributed by atoms with Gasteiger partial charge in [-0.3, -0.25) is 0 Å². The van der Waals surface area contributed by atoms with E-state index < -0.39 is 10.0 Å². The molecule has 0 amide bonds. The number of hydrogen-bond acceptors (Lipinski definition) is 2. The number of hydrogen-bond donors (Lipinski definition) is 1. The average molecular weight is 318 g/mol. The highest BCUT2D eigenvalue weighted by molar-refractivity contribution is 7.89. The van der Waals surface area contributed by atoms with E-state index in [1.807, 2.05) is 26.0 Å². The molecular weight excluding hydrogens is 294 g/mol. The third-order valence-corrected chi connectivity index (χ3v) is 4.95. The van der Waals surface area contributed by atoms with Crippen LogP contribution in [-0.4, -0.2) is 20.3 Å². The fourth-order valence-electron chi connectivity index (χ4n) is 2.12. The van der Waals surface area contributed by atoms with Crippen LogP contribution in [0.4, 0.5) is 0 Å². The molecule has 1 aromatic carbocycles. The third-order valence-electron chi connectivity index (χ3n) is 3.04. The van der Waals surface area contributed by atoms with Crippen molar-refractivity contribution in [2.45, 2.75) is 51.0 Å². The van der Waals surface area contributed by atoms with E-state index in [1.165, 1.54) is 0 Å². The lowest BCUT2D eigenvalue weighted by atomic mass is 10.1. The van der Waals surface area contributed by atoms with Gasteiger partial charge >= 0.3 is 0 Å². The smallest absolute Gasteiger partial charge is 0.207 e. The molecule has 1 rings (SSSR count). The van der Waals surface area contributed by atoms with Crippen LogP contribution in [0.1, 0.15) is 39.2 Å². The number of sulfonamides is 1. The molecule has 0 radical (unpaired) electrons. The summed E-state index contributed by atoms with van der Waals surface area (Å²) in [5.41, 5.74) is 1.16. The van der Waals surface area contributed by atoms with Gasteiger partial charge in [0.1, 0.15) is 0 Å². The van der Waals surface area contributed by atoms with Gasteiger partial charge in [-0.15, -0.1) is 11.6 Å². The van der Waals surface area contributed by atoms with E-state index in [0.29, 0.717) is 10.8 Å². The minimum absolute atomic E-state index is 0.225. The number of aryl methyl sites for hydroxylation is 1. The van der Waals surface area contributed by atoms with Crippen LogP contribution in [0.2, 0.25) is 0 Å². The van der Waals surface area contributed by atoms with Crippen molar-refractivity contribution in [3.63, 3.8) is 0 Å². The molecule has 0 fully saturated rings. The lowest BCUT2D eigenvalue weighted by molar-refractivity contribution is 0.485. The van der Waals surface area contributed by atoms with Crippen LogP contribution in [0.5, 0.6) is 0 Å². The summed E-state index contributed by atoms with van der Waals surface area (Å²) < 4.78 is 27.2. The molecule has 0 aromatic heterocycles. The predicted octanol–water partition coefficient (Wildman–Crippen LogP) is 3.57. The van der Waals surface area contributed by atoms with Crippen LogP contribution in [0.25, 0.3) is 0 Å². The molecule has 0 aliphatic heterocycles. The molecule has 0 aliphatic rings. The molecule has 114 valence electrons. The van der Waals surface area contributed by atoms with Crippen LogP contribution in [0, 0.1) is 5.92 Å². The van der Waals surface area contributed by atoms with E-state index in [9.17, 15) is 8.42 Å². The van der Waals surface area contributed by atoms with E-state index in [-0.39, 0.29) is 11.9 Å². The van der Waals surface area contributed by atoms with Crippen molar-refractivity contribution in [2.75, 3.05) is 5.88 Å². The van der Waals surface area contributed by atoms with Crippen LogP contribution in [-0.2, 0) is 16.4 Å². The minimum atomic E-state index is -3.48. The Hall–Kier alpha value is -0.580. The van der Waals surface area contributed by atoms with Gasteiger partial charge in [0.05, 0.1) is 4.90 Å². The number of alkyl halides is 1. The second-order valence-corrected chi connectivity index (χ2v) is 7.52. The second-order valence-electron chi connectivity index (χ2n) is 5.50. The Balaban J connectivity index is 2.81. The number of rotatable bonds is 8. The molecule has 0 saturated carbocycles. The summed E-state index contributed by atoms with van der Waals surface area (Å²) in [6.45, 7) is 6.20. The lowest BCUT2D eigenvalue weighted by Gasteiger charge is -2.18. The molecule has 1 N–H and O–H groups in total. The monoisotopic (exact) mass is 317 g/mol. The Morgan fingerprint density at radius 1 is 1.20 bits per heavy atom. The molecule has 1 atom stereocenters. The zero-order valence-corrected chi connectivity index (χ0v) is 14.0.